The smallest absolute Gasteiger partial charge is 0.210 e. The molecule has 0 saturated carbocycles. The highest BCUT2D eigenvalue weighted by Crippen LogP contribution is 2.27. The number of Topliss-reactive ketones (excluding diaryl/α,β-unsaturated/α-hetero) is 1. The van der Waals surface area contributed by atoms with E-state index in [2.05, 4.69) is 0 Å². The molecule has 2 atom stereocenters. The Morgan fingerprint density at radius 3 is 3.14 bits per heavy atom. The Hall–Kier alpha value is -0.480. The van der Waals surface area contributed by atoms with Crippen LogP contribution in [-0.4, -0.2) is 30.4 Å². The summed E-state index contributed by atoms with van der Waals surface area (Å²) in [7, 11) is 0. The van der Waals surface area contributed by atoms with Crippen molar-refractivity contribution in [3.05, 3.63) is 11.2 Å². The molecule has 1 saturated heterocycles. The van der Waals surface area contributed by atoms with Crippen LogP contribution in [-0.2, 0) is 14.3 Å². The summed E-state index contributed by atoms with van der Waals surface area (Å²) < 4.78 is 10.8. The molecule has 0 N–H and O–H groups in total. The van der Waals surface area contributed by atoms with Gasteiger partial charge in [-0.3, -0.25) is 4.79 Å². The predicted molar refractivity (Wildman–Crippen MR) is 55.1 cm³/mol. The molecular formula is C10H14O3S. The molecule has 0 spiro atoms. The van der Waals surface area contributed by atoms with Gasteiger partial charge in [0.1, 0.15) is 6.61 Å². The number of thioether (sulfide) groups is 1. The van der Waals surface area contributed by atoms with Crippen LogP contribution in [0.2, 0.25) is 0 Å². The molecule has 2 aliphatic heterocycles. The molecule has 0 radical (unpaired) electrons. The van der Waals surface area contributed by atoms with Gasteiger partial charge in [0, 0.05) is 12.0 Å². The zero-order valence-electron chi connectivity index (χ0n) is 8.19. The van der Waals surface area contributed by atoms with Gasteiger partial charge in [-0.15, -0.1) is 11.8 Å². The number of ketones is 1. The third-order valence-corrected chi connectivity index (χ3v) is 3.41. The molecule has 0 amide bonds. The number of ether oxygens (including phenoxy) is 2. The van der Waals surface area contributed by atoms with Crippen LogP contribution in [0.1, 0.15) is 19.8 Å². The molecule has 4 heteroatoms. The first-order valence-electron chi connectivity index (χ1n) is 4.91. The maximum atomic E-state index is 11.5. The second-order valence-corrected chi connectivity index (χ2v) is 4.79. The number of carbonyl (C=O) groups is 1. The van der Waals surface area contributed by atoms with Gasteiger partial charge in [-0.1, -0.05) is 0 Å². The summed E-state index contributed by atoms with van der Waals surface area (Å²) in [6.45, 7) is 3.24. The van der Waals surface area contributed by atoms with Gasteiger partial charge in [0.05, 0.1) is 11.4 Å². The fourth-order valence-corrected chi connectivity index (χ4v) is 2.30. The topological polar surface area (TPSA) is 35.5 Å². The van der Waals surface area contributed by atoms with Crippen molar-refractivity contribution in [2.45, 2.75) is 31.1 Å². The molecule has 3 nitrogen and oxygen atoms in total. The summed E-state index contributed by atoms with van der Waals surface area (Å²) in [6, 6.07) is 0. The Morgan fingerprint density at radius 1 is 1.71 bits per heavy atom. The van der Waals surface area contributed by atoms with Crippen LogP contribution in [0.25, 0.3) is 0 Å². The maximum absolute atomic E-state index is 11.5. The average molecular weight is 214 g/mol. The minimum absolute atomic E-state index is 0.0227. The van der Waals surface area contributed by atoms with Crippen molar-refractivity contribution in [3.63, 3.8) is 0 Å². The lowest BCUT2D eigenvalue weighted by atomic mass is 10.2. The molecule has 2 rings (SSSR count). The highest BCUT2D eigenvalue weighted by molar-refractivity contribution is 8.03. The van der Waals surface area contributed by atoms with Crippen molar-refractivity contribution in [1.82, 2.24) is 0 Å². The van der Waals surface area contributed by atoms with Gasteiger partial charge in [0.15, 0.2) is 5.76 Å². The molecule has 2 aliphatic rings. The molecule has 0 aliphatic carbocycles. The standard InChI is InChI=1S/C10H14O3S/c1-7-10(11)9(6-14-7)13-5-8-3-2-4-12-8/h6-8H,2-5H2,1H3. The zero-order chi connectivity index (χ0) is 9.97. The van der Waals surface area contributed by atoms with Gasteiger partial charge >= 0.3 is 0 Å². The Morgan fingerprint density at radius 2 is 2.57 bits per heavy atom. The summed E-state index contributed by atoms with van der Waals surface area (Å²) >= 11 is 1.52. The molecule has 0 aromatic carbocycles. The number of hydrogen-bond acceptors (Lipinski definition) is 4. The molecule has 2 heterocycles. The molecule has 78 valence electrons. The highest BCUT2D eigenvalue weighted by atomic mass is 32.2. The van der Waals surface area contributed by atoms with Crippen molar-refractivity contribution < 1.29 is 14.3 Å². The summed E-state index contributed by atoms with van der Waals surface area (Å²) in [5, 5.41) is 1.83. The third kappa shape index (κ3) is 2.12. The van der Waals surface area contributed by atoms with Crippen LogP contribution in [0, 0.1) is 0 Å². The van der Waals surface area contributed by atoms with E-state index < -0.39 is 0 Å². The van der Waals surface area contributed by atoms with Gasteiger partial charge in [0.25, 0.3) is 0 Å². The van der Waals surface area contributed by atoms with E-state index in [9.17, 15) is 4.79 Å². The Balaban J connectivity index is 1.78. The van der Waals surface area contributed by atoms with Gasteiger partial charge in [-0.05, 0) is 19.8 Å². The van der Waals surface area contributed by atoms with Gasteiger partial charge in [0.2, 0.25) is 5.78 Å². The van der Waals surface area contributed by atoms with E-state index in [1.165, 1.54) is 11.8 Å². The van der Waals surface area contributed by atoms with Crippen molar-refractivity contribution in [1.29, 1.82) is 0 Å². The third-order valence-electron chi connectivity index (χ3n) is 2.44. The molecule has 14 heavy (non-hydrogen) atoms. The minimum atomic E-state index is 0.0227. The van der Waals surface area contributed by atoms with Crippen LogP contribution in [0.15, 0.2) is 11.2 Å². The van der Waals surface area contributed by atoms with E-state index in [1.807, 2.05) is 12.3 Å². The van der Waals surface area contributed by atoms with E-state index in [4.69, 9.17) is 9.47 Å². The Bertz CT molecular complexity index is 256. The van der Waals surface area contributed by atoms with Gasteiger partial charge < -0.3 is 9.47 Å². The van der Waals surface area contributed by atoms with Crippen molar-refractivity contribution in [2.24, 2.45) is 0 Å². The van der Waals surface area contributed by atoms with Crippen molar-refractivity contribution in [3.8, 4) is 0 Å². The SMILES string of the molecule is CC1SC=C(OCC2CCCO2)C1=O. The van der Waals surface area contributed by atoms with Crippen LogP contribution in [0.3, 0.4) is 0 Å². The molecule has 0 aromatic rings. The first-order valence-corrected chi connectivity index (χ1v) is 5.86. The fourth-order valence-electron chi connectivity index (χ4n) is 1.55. The van der Waals surface area contributed by atoms with E-state index in [0.29, 0.717) is 12.4 Å². The number of allylic oxidation sites excluding steroid dienone is 1. The molecular weight excluding hydrogens is 200 g/mol. The number of carbonyl (C=O) groups excluding carboxylic acids is 1. The lowest BCUT2D eigenvalue weighted by Crippen LogP contribution is -2.18. The van der Waals surface area contributed by atoms with Crippen LogP contribution in [0.5, 0.6) is 0 Å². The van der Waals surface area contributed by atoms with Crippen LogP contribution < -0.4 is 0 Å². The largest absolute Gasteiger partial charge is 0.487 e. The van der Waals surface area contributed by atoms with E-state index >= 15 is 0 Å². The average Bonchev–Trinajstić information content (AvgIpc) is 2.77. The number of hydrogen-bond donors (Lipinski definition) is 0. The molecule has 2 unspecified atom stereocenters. The predicted octanol–water partition coefficient (Wildman–Crippen LogP) is 1.73. The summed E-state index contributed by atoms with van der Waals surface area (Å²) in [5.74, 6) is 0.617. The van der Waals surface area contributed by atoms with Crippen molar-refractivity contribution >= 4 is 17.5 Å². The van der Waals surface area contributed by atoms with E-state index in [0.717, 1.165) is 19.4 Å². The van der Waals surface area contributed by atoms with E-state index in [1.54, 1.807) is 0 Å². The van der Waals surface area contributed by atoms with Crippen molar-refractivity contribution in [2.75, 3.05) is 13.2 Å². The summed E-state index contributed by atoms with van der Waals surface area (Å²) in [4.78, 5) is 11.5. The normalized spacial score (nSPS) is 32.1. The lowest BCUT2D eigenvalue weighted by Gasteiger charge is -2.11. The van der Waals surface area contributed by atoms with Gasteiger partial charge in [-0.25, -0.2) is 0 Å². The molecule has 0 aromatic heterocycles. The van der Waals surface area contributed by atoms with Crippen LogP contribution >= 0.6 is 11.8 Å². The Kier molecular flexibility index (Phi) is 3.13. The minimum Gasteiger partial charge on any atom is -0.487 e. The summed E-state index contributed by atoms with van der Waals surface area (Å²) in [6.07, 6.45) is 2.33. The lowest BCUT2D eigenvalue weighted by molar-refractivity contribution is -0.118. The first-order chi connectivity index (χ1) is 6.77. The zero-order valence-corrected chi connectivity index (χ0v) is 9.01. The summed E-state index contributed by atoms with van der Waals surface area (Å²) in [5.41, 5.74) is 0. The first kappa shape index (κ1) is 10.1. The molecule has 0 bridgehead atoms. The second-order valence-electron chi connectivity index (χ2n) is 3.57. The molecule has 1 fully saturated rings. The van der Waals surface area contributed by atoms with E-state index in [-0.39, 0.29) is 17.1 Å². The maximum Gasteiger partial charge on any atom is 0.210 e. The monoisotopic (exact) mass is 214 g/mol. The number of rotatable bonds is 3. The van der Waals surface area contributed by atoms with Gasteiger partial charge in [-0.2, -0.15) is 0 Å². The van der Waals surface area contributed by atoms with Crippen LogP contribution in [0.4, 0.5) is 0 Å². The second kappa shape index (κ2) is 4.36. The quantitative estimate of drug-likeness (QED) is 0.716. The fraction of sp³-hybridized carbons (Fsp3) is 0.700. The Labute approximate surface area is 87.8 Å². The highest BCUT2D eigenvalue weighted by Gasteiger charge is 2.26.